The Morgan fingerprint density at radius 1 is 0.305 bits per heavy atom. The summed E-state index contributed by atoms with van der Waals surface area (Å²) in [5.74, 6) is 0. The monoisotopic (exact) mass is 747 g/mol. The van der Waals surface area contributed by atoms with E-state index < -0.39 is 0 Å². The summed E-state index contributed by atoms with van der Waals surface area (Å²) in [6.07, 6.45) is 0. The van der Waals surface area contributed by atoms with Crippen molar-refractivity contribution in [3.63, 3.8) is 0 Å². The van der Waals surface area contributed by atoms with Gasteiger partial charge in [0.25, 0.3) is 0 Å². The summed E-state index contributed by atoms with van der Waals surface area (Å²) in [5.41, 5.74) is 11.7. The third-order valence-corrected chi connectivity index (χ3v) is 12.2. The summed E-state index contributed by atoms with van der Waals surface area (Å²) >= 11 is 0. The van der Waals surface area contributed by atoms with E-state index in [9.17, 15) is 5.26 Å². The van der Waals surface area contributed by atoms with Crippen molar-refractivity contribution < 1.29 is 4.42 Å². The Morgan fingerprint density at radius 2 is 0.763 bits per heavy atom. The maximum Gasteiger partial charge on any atom is 0.135 e. The molecule has 0 atom stereocenters. The van der Waals surface area contributed by atoms with Crippen LogP contribution in [0, 0.1) is 11.3 Å². The Morgan fingerprint density at radius 3 is 1.37 bits per heavy atom. The molecule has 11 aromatic carbocycles. The molecule has 0 saturated carbocycles. The number of rotatable bonds is 4. The van der Waals surface area contributed by atoms with Gasteiger partial charge in [0.1, 0.15) is 11.2 Å². The largest absolute Gasteiger partial charge is 0.456 e. The van der Waals surface area contributed by atoms with Crippen LogP contribution in [-0.4, -0.2) is 0 Å². The van der Waals surface area contributed by atoms with Gasteiger partial charge in [-0.3, -0.25) is 0 Å². The van der Waals surface area contributed by atoms with Crippen LogP contribution in [0.15, 0.2) is 205 Å². The SMILES string of the molecule is N#Cc1ccc2oc3ccc(-c4ccc5c(-c6cccc7ccccc67)c6cc(-c7ccc8ccccc8c7)ccc6c(-c6cccc7ccccc67)c5c4)cc3c2c1. The van der Waals surface area contributed by atoms with E-state index in [2.05, 4.69) is 188 Å². The predicted molar refractivity (Wildman–Crippen MR) is 248 cm³/mol. The molecule has 12 rings (SSSR count). The first-order valence-corrected chi connectivity index (χ1v) is 20.0. The van der Waals surface area contributed by atoms with Crippen LogP contribution in [0.4, 0.5) is 0 Å². The topological polar surface area (TPSA) is 36.9 Å². The predicted octanol–water partition coefficient (Wildman–Crippen LogP) is 15.9. The fourth-order valence-electron chi connectivity index (χ4n) is 9.45. The highest BCUT2D eigenvalue weighted by atomic mass is 16.3. The molecule has 0 aliphatic carbocycles. The van der Waals surface area contributed by atoms with Crippen molar-refractivity contribution in [2.24, 2.45) is 0 Å². The lowest BCUT2D eigenvalue weighted by Gasteiger charge is -2.21. The van der Waals surface area contributed by atoms with E-state index in [4.69, 9.17) is 4.42 Å². The van der Waals surface area contributed by atoms with Crippen LogP contribution in [-0.2, 0) is 0 Å². The zero-order chi connectivity index (χ0) is 39.0. The van der Waals surface area contributed by atoms with Gasteiger partial charge in [-0.1, -0.05) is 152 Å². The van der Waals surface area contributed by atoms with Gasteiger partial charge in [0.05, 0.1) is 11.6 Å². The minimum absolute atomic E-state index is 0.618. The smallest absolute Gasteiger partial charge is 0.135 e. The molecular formula is C57H33NO. The summed E-state index contributed by atoms with van der Waals surface area (Å²) in [5, 5.41) is 23.8. The van der Waals surface area contributed by atoms with Crippen molar-refractivity contribution in [2.75, 3.05) is 0 Å². The summed E-state index contributed by atoms with van der Waals surface area (Å²) in [7, 11) is 0. The average Bonchev–Trinajstić information content (AvgIpc) is 3.67. The molecule has 0 fully saturated rings. The van der Waals surface area contributed by atoms with Crippen molar-refractivity contribution in [1.82, 2.24) is 0 Å². The Labute approximate surface area is 340 Å². The van der Waals surface area contributed by atoms with E-state index in [0.29, 0.717) is 5.56 Å². The number of nitriles is 1. The molecule has 2 heteroatoms. The third kappa shape index (κ3) is 5.26. The highest BCUT2D eigenvalue weighted by Crippen LogP contribution is 2.49. The molecule has 2 nitrogen and oxygen atoms in total. The maximum atomic E-state index is 9.69. The van der Waals surface area contributed by atoms with Gasteiger partial charge >= 0.3 is 0 Å². The van der Waals surface area contributed by atoms with E-state index >= 15 is 0 Å². The van der Waals surface area contributed by atoms with Gasteiger partial charge in [0.15, 0.2) is 0 Å². The highest BCUT2D eigenvalue weighted by Gasteiger charge is 2.21. The van der Waals surface area contributed by atoms with Gasteiger partial charge in [0.2, 0.25) is 0 Å². The van der Waals surface area contributed by atoms with E-state index in [1.54, 1.807) is 0 Å². The van der Waals surface area contributed by atoms with Crippen molar-refractivity contribution in [1.29, 1.82) is 5.26 Å². The third-order valence-electron chi connectivity index (χ3n) is 12.2. The molecule has 0 saturated heterocycles. The molecule has 59 heavy (non-hydrogen) atoms. The second kappa shape index (κ2) is 13.0. The lowest BCUT2D eigenvalue weighted by atomic mass is 9.82. The van der Waals surface area contributed by atoms with E-state index in [0.717, 1.165) is 33.1 Å². The van der Waals surface area contributed by atoms with Crippen LogP contribution >= 0.6 is 0 Å². The first-order chi connectivity index (χ1) is 29.2. The molecule has 12 aromatic rings. The number of fused-ring (bicyclic) bond motifs is 8. The molecule has 0 spiro atoms. The molecule has 1 aromatic heterocycles. The first kappa shape index (κ1) is 33.2. The second-order valence-corrected chi connectivity index (χ2v) is 15.5. The van der Waals surface area contributed by atoms with Crippen LogP contribution in [0.5, 0.6) is 0 Å². The number of hydrogen-bond acceptors (Lipinski definition) is 2. The fraction of sp³-hybridized carbons (Fsp3) is 0. The van der Waals surface area contributed by atoms with Crippen molar-refractivity contribution >= 4 is 75.8 Å². The zero-order valence-corrected chi connectivity index (χ0v) is 31.9. The molecule has 0 unspecified atom stereocenters. The number of benzene rings is 11. The van der Waals surface area contributed by atoms with Crippen LogP contribution in [0.2, 0.25) is 0 Å². The minimum Gasteiger partial charge on any atom is -0.456 e. The number of nitrogens with zero attached hydrogens (tertiary/aromatic N) is 1. The highest BCUT2D eigenvalue weighted by molar-refractivity contribution is 6.26. The molecule has 0 aliphatic rings. The summed E-state index contributed by atoms with van der Waals surface area (Å²) in [6.45, 7) is 0. The van der Waals surface area contributed by atoms with E-state index in [1.165, 1.54) is 87.2 Å². The molecule has 0 amide bonds. The molecule has 0 aliphatic heterocycles. The second-order valence-electron chi connectivity index (χ2n) is 15.5. The molecular weight excluding hydrogens is 715 g/mol. The Hall–Kier alpha value is -7.99. The Bertz CT molecular complexity index is 3740. The Kier molecular flexibility index (Phi) is 7.33. The minimum atomic E-state index is 0.618. The first-order valence-electron chi connectivity index (χ1n) is 20.0. The lowest BCUT2D eigenvalue weighted by Crippen LogP contribution is -1.94. The molecule has 0 radical (unpaired) electrons. The van der Waals surface area contributed by atoms with Crippen molar-refractivity contribution in [3.05, 3.63) is 206 Å². The molecule has 0 bridgehead atoms. The summed E-state index contributed by atoms with van der Waals surface area (Å²) < 4.78 is 6.23. The standard InChI is InChI=1S/C57H33NO/c58-34-35-19-27-54-50(29-35)51-31-43(24-28-55(51)59-54)42-23-26-49-53(33-42)57(47-18-8-14-38-11-4-6-16-45(38)47)48-25-22-41(40-21-20-36-9-1-2-12-39(36)30-40)32-52(48)56(49)46-17-7-13-37-10-3-5-15-44(37)46/h1-33H. The van der Waals surface area contributed by atoms with Gasteiger partial charge in [-0.05, 0) is 147 Å². The normalized spacial score (nSPS) is 11.7. The summed E-state index contributed by atoms with van der Waals surface area (Å²) in [6, 6.07) is 74.6. The molecule has 272 valence electrons. The molecule has 1 heterocycles. The fourth-order valence-corrected chi connectivity index (χ4v) is 9.45. The number of hydrogen-bond donors (Lipinski definition) is 0. The number of furan rings is 1. The van der Waals surface area contributed by atoms with E-state index in [-0.39, 0.29) is 0 Å². The van der Waals surface area contributed by atoms with E-state index in [1.807, 2.05) is 18.2 Å². The average molecular weight is 748 g/mol. The Balaban J connectivity index is 1.21. The van der Waals surface area contributed by atoms with Crippen LogP contribution in [0.25, 0.3) is 120 Å². The summed E-state index contributed by atoms with van der Waals surface area (Å²) in [4.78, 5) is 0. The van der Waals surface area contributed by atoms with Gasteiger partial charge in [-0.2, -0.15) is 5.26 Å². The van der Waals surface area contributed by atoms with Crippen molar-refractivity contribution in [2.45, 2.75) is 0 Å². The van der Waals surface area contributed by atoms with Gasteiger partial charge < -0.3 is 4.42 Å². The molecule has 0 N–H and O–H groups in total. The van der Waals surface area contributed by atoms with Crippen LogP contribution in [0.3, 0.4) is 0 Å². The van der Waals surface area contributed by atoms with Gasteiger partial charge in [0, 0.05) is 10.8 Å². The van der Waals surface area contributed by atoms with Crippen LogP contribution < -0.4 is 0 Å². The van der Waals surface area contributed by atoms with Crippen LogP contribution in [0.1, 0.15) is 5.56 Å². The van der Waals surface area contributed by atoms with Gasteiger partial charge in [-0.25, -0.2) is 0 Å². The van der Waals surface area contributed by atoms with Crippen molar-refractivity contribution in [3.8, 4) is 50.6 Å². The quantitative estimate of drug-likeness (QED) is 0.168. The lowest BCUT2D eigenvalue weighted by molar-refractivity contribution is 0.669. The zero-order valence-electron chi connectivity index (χ0n) is 31.9. The van der Waals surface area contributed by atoms with Gasteiger partial charge in [-0.15, -0.1) is 0 Å². The maximum absolute atomic E-state index is 9.69.